The average molecular weight is 391 g/mol. The molecule has 2 saturated carbocycles. The zero-order valence-corrected chi connectivity index (χ0v) is 16.1. The van der Waals surface area contributed by atoms with Gasteiger partial charge in [0.1, 0.15) is 9.84 Å². The van der Waals surface area contributed by atoms with Crippen LogP contribution in [0.3, 0.4) is 0 Å². The molecule has 3 rings (SSSR count). The van der Waals surface area contributed by atoms with Gasteiger partial charge in [0.25, 0.3) is 0 Å². The molecule has 1 aromatic heterocycles. The molecule has 142 valence electrons. The summed E-state index contributed by atoms with van der Waals surface area (Å²) in [4.78, 5) is 12.5. The topological polar surface area (TPSA) is 107 Å². The predicted octanol–water partition coefficient (Wildman–Crippen LogP) is 1.44. The van der Waals surface area contributed by atoms with Gasteiger partial charge in [0, 0.05) is 30.5 Å². The highest BCUT2D eigenvalue weighted by atomic mass is 35.5. The second-order valence-electron chi connectivity index (χ2n) is 7.28. The Morgan fingerprint density at radius 1 is 1.36 bits per heavy atom. The van der Waals surface area contributed by atoms with Crippen LogP contribution in [0.15, 0.2) is 12.3 Å². The summed E-state index contributed by atoms with van der Waals surface area (Å²) in [6, 6.07) is 1.95. The van der Waals surface area contributed by atoms with Crippen molar-refractivity contribution in [3.8, 4) is 0 Å². The van der Waals surface area contributed by atoms with Gasteiger partial charge in [-0.2, -0.15) is 5.10 Å². The lowest BCUT2D eigenvalue weighted by Gasteiger charge is -2.43. The van der Waals surface area contributed by atoms with E-state index in [0.717, 1.165) is 25.7 Å². The van der Waals surface area contributed by atoms with Crippen LogP contribution < -0.4 is 11.1 Å². The summed E-state index contributed by atoms with van der Waals surface area (Å²) in [5.74, 6) is 1.44. The van der Waals surface area contributed by atoms with Crippen molar-refractivity contribution in [2.45, 2.75) is 44.7 Å². The number of nitrogens with one attached hydrogen (secondary N) is 1. The second-order valence-corrected chi connectivity index (χ2v) is 9.54. The van der Waals surface area contributed by atoms with E-state index in [1.807, 2.05) is 0 Å². The lowest BCUT2D eigenvalue weighted by molar-refractivity contribution is -0.122. The molecule has 0 aliphatic heterocycles. The van der Waals surface area contributed by atoms with E-state index >= 15 is 0 Å². The molecule has 3 N–H and O–H groups in total. The zero-order chi connectivity index (χ0) is 17.3. The molecule has 1 amide bonds. The fourth-order valence-corrected chi connectivity index (χ4v) is 4.56. The van der Waals surface area contributed by atoms with E-state index in [-0.39, 0.29) is 42.6 Å². The summed E-state index contributed by atoms with van der Waals surface area (Å²) < 4.78 is 23.9. The van der Waals surface area contributed by atoms with Crippen molar-refractivity contribution in [2.24, 2.45) is 23.5 Å². The number of hydrogen-bond acceptors (Lipinski definition) is 5. The molecule has 0 saturated heterocycles. The van der Waals surface area contributed by atoms with Crippen LogP contribution in [0.5, 0.6) is 0 Å². The first-order valence-electron chi connectivity index (χ1n) is 8.59. The molecule has 2 aliphatic carbocycles. The largest absolute Gasteiger partial charge is 0.327 e. The summed E-state index contributed by atoms with van der Waals surface area (Å²) in [6.45, 7) is 0.289. The van der Waals surface area contributed by atoms with E-state index in [1.54, 1.807) is 16.9 Å². The molecule has 7 nitrogen and oxygen atoms in total. The Morgan fingerprint density at radius 3 is 2.60 bits per heavy atom. The fourth-order valence-electron chi connectivity index (χ4n) is 4.04. The van der Waals surface area contributed by atoms with Crippen LogP contribution in [0, 0.1) is 17.8 Å². The van der Waals surface area contributed by atoms with Crippen LogP contribution in [-0.4, -0.2) is 42.2 Å². The molecule has 0 spiro atoms. The Labute approximate surface area is 155 Å². The van der Waals surface area contributed by atoms with Gasteiger partial charge in [0.05, 0.1) is 12.3 Å². The van der Waals surface area contributed by atoms with Gasteiger partial charge in [0.15, 0.2) is 5.82 Å². The number of nitrogens with two attached hydrogens (primary N) is 1. The highest BCUT2D eigenvalue weighted by molar-refractivity contribution is 7.90. The van der Waals surface area contributed by atoms with Crippen LogP contribution in [0.4, 0.5) is 5.82 Å². The van der Waals surface area contributed by atoms with E-state index in [4.69, 9.17) is 5.73 Å². The predicted molar refractivity (Wildman–Crippen MR) is 99.3 cm³/mol. The maximum absolute atomic E-state index is 12.5. The number of aromatic nitrogens is 2. The van der Waals surface area contributed by atoms with Gasteiger partial charge < -0.3 is 11.1 Å². The molecule has 2 unspecified atom stereocenters. The number of carbonyl (C=O) groups excluding carboxylic acids is 1. The third-order valence-electron chi connectivity index (χ3n) is 5.37. The standard InChI is InChI=1S/C16H26N4O3S.ClH/c1-24(22,23)8-7-20-6-5-14(19-20)18-16(21)13-9-11-3-2-4-12(10-13)15(11)17;/h5-6,11-13,15H,2-4,7-10,17H2,1H3,(H,18,19,21);1H. The van der Waals surface area contributed by atoms with Gasteiger partial charge in [-0.3, -0.25) is 9.48 Å². The summed E-state index contributed by atoms with van der Waals surface area (Å²) in [5.41, 5.74) is 6.27. The van der Waals surface area contributed by atoms with Gasteiger partial charge in [-0.15, -0.1) is 12.4 Å². The highest BCUT2D eigenvalue weighted by Crippen LogP contribution is 2.42. The number of aryl methyl sites for hydroxylation is 1. The first kappa shape index (κ1) is 20.2. The number of fused-ring (bicyclic) bond motifs is 2. The van der Waals surface area contributed by atoms with Gasteiger partial charge in [-0.1, -0.05) is 6.42 Å². The quantitative estimate of drug-likeness (QED) is 0.791. The van der Waals surface area contributed by atoms with E-state index in [9.17, 15) is 13.2 Å². The molecule has 9 heteroatoms. The van der Waals surface area contributed by atoms with E-state index in [2.05, 4.69) is 10.4 Å². The summed E-state index contributed by atoms with van der Waals surface area (Å²) in [6.07, 6.45) is 8.08. The van der Waals surface area contributed by atoms with Gasteiger partial charge >= 0.3 is 0 Å². The third kappa shape index (κ3) is 5.18. The highest BCUT2D eigenvalue weighted by Gasteiger charge is 2.40. The SMILES string of the molecule is CS(=O)(=O)CCn1ccc(NC(=O)C2CC3CCCC(C2)C3N)n1.Cl. The molecule has 2 fully saturated rings. The number of nitrogens with zero attached hydrogens (tertiary/aromatic N) is 2. The number of amides is 1. The number of hydrogen-bond donors (Lipinski definition) is 2. The minimum Gasteiger partial charge on any atom is -0.327 e. The lowest BCUT2D eigenvalue weighted by atomic mass is 9.65. The Morgan fingerprint density at radius 2 is 2.00 bits per heavy atom. The van der Waals surface area contributed by atoms with Crippen molar-refractivity contribution in [1.82, 2.24) is 9.78 Å². The van der Waals surface area contributed by atoms with Crippen molar-refractivity contribution < 1.29 is 13.2 Å². The summed E-state index contributed by atoms with van der Waals surface area (Å²) >= 11 is 0. The molecule has 0 radical (unpaired) electrons. The second kappa shape index (κ2) is 8.05. The monoisotopic (exact) mass is 390 g/mol. The van der Waals surface area contributed by atoms with Gasteiger partial charge in [0.2, 0.25) is 5.91 Å². The average Bonchev–Trinajstić information content (AvgIpc) is 2.91. The number of halogens is 1. The minimum atomic E-state index is -3.03. The van der Waals surface area contributed by atoms with Gasteiger partial charge in [-0.05, 0) is 37.5 Å². The molecular formula is C16H27ClN4O3S. The summed E-state index contributed by atoms with van der Waals surface area (Å²) in [7, 11) is -3.03. The molecule has 2 aliphatic rings. The van der Waals surface area contributed by atoms with Crippen LogP contribution in [0.1, 0.15) is 32.1 Å². The van der Waals surface area contributed by atoms with Crippen molar-refractivity contribution in [2.75, 3.05) is 17.3 Å². The van der Waals surface area contributed by atoms with Crippen molar-refractivity contribution in [3.05, 3.63) is 12.3 Å². The smallest absolute Gasteiger partial charge is 0.228 e. The van der Waals surface area contributed by atoms with E-state index < -0.39 is 9.84 Å². The molecule has 2 bridgehead atoms. The third-order valence-corrected chi connectivity index (χ3v) is 6.29. The maximum atomic E-state index is 12.5. The molecule has 2 atom stereocenters. The van der Waals surface area contributed by atoms with E-state index in [0.29, 0.717) is 17.7 Å². The van der Waals surface area contributed by atoms with Crippen LogP contribution in [0.2, 0.25) is 0 Å². The summed E-state index contributed by atoms with van der Waals surface area (Å²) in [5, 5.41) is 7.10. The fraction of sp³-hybridized carbons (Fsp3) is 0.750. The van der Waals surface area contributed by atoms with Crippen LogP contribution >= 0.6 is 12.4 Å². The van der Waals surface area contributed by atoms with Crippen molar-refractivity contribution in [1.29, 1.82) is 0 Å². The maximum Gasteiger partial charge on any atom is 0.228 e. The first-order valence-corrected chi connectivity index (χ1v) is 10.7. The number of rotatable bonds is 5. The Hall–Kier alpha value is -1.12. The Balaban J connectivity index is 0.00000225. The van der Waals surface area contributed by atoms with Crippen LogP contribution in [-0.2, 0) is 21.2 Å². The lowest BCUT2D eigenvalue weighted by Crippen LogP contribution is -2.48. The van der Waals surface area contributed by atoms with Crippen molar-refractivity contribution in [3.63, 3.8) is 0 Å². The van der Waals surface area contributed by atoms with Crippen LogP contribution in [0.25, 0.3) is 0 Å². The molecular weight excluding hydrogens is 364 g/mol. The van der Waals surface area contributed by atoms with Crippen molar-refractivity contribution >= 4 is 34.0 Å². The molecule has 1 aromatic rings. The number of sulfone groups is 1. The Kier molecular flexibility index (Phi) is 6.51. The first-order chi connectivity index (χ1) is 11.3. The molecule has 1 heterocycles. The number of carbonyl (C=O) groups is 1. The normalized spacial score (nSPS) is 28.9. The Bertz CT molecular complexity index is 692. The van der Waals surface area contributed by atoms with Gasteiger partial charge in [-0.25, -0.2) is 8.42 Å². The van der Waals surface area contributed by atoms with E-state index in [1.165, 1.54) is 12.7 Å². The minimum absolute atomic E-state index is 0. The molecule has 25 heavy (non-hydrogen) atoms. The molecule has 0 aromatic carbocycles. The zero-order valence-electron chi connectivity index (χ0n) is 14.4. The number of anilines is 1.